The second-order valence-electron chi connectivity index (χ2n) is 4.22. The van der Waals surface area contributed by atoms with Gasteiger partial charge in [0.15, 0.2) is 0 Å². The minimum Gasteiger partial charge on any atom is -0.478 e. The van der Waals surface area contributed by atoms with Crippen LogP contribution in [0.2, 0.25) is 0 Å². The number of carboxylic acids is 1. The van der Waals surface area contributed by atoms with E-state index >= 15 is 0 Å². The van der Waals surface area contributed by atoms with Crippen molar-refractivity contribution in [1.29, 1.82) is 0 Å². The molecule has 0 aliphatic heterocycles. The number of benzene rings is 2. The van der Waals surface area contributed by atoms with E-state index in [2.05, 4.69) is 21.2 Å². The molecule has 0 atom stereocenters. The Morgan fingerprint density at radius 3 is 2.58 bits per heavy atom. The lowest BCUT2D eigenvalue weighted by atomic mass is 10.1. The first-order valence-corrected chi connectivity index (χ1v) is 6.42. The van der Waals surface area contributed by atoms with Gasteiger partial charge in [-0.25, -0.2) is 4.79 Å². The number of nitrogens with two attached hydrogens (primary N) is 1. The number of hydrogen-bond acceptors (Lipinski definition) is 3. The van der Waals surface area contributed by atoms with Gasteiger partial charge in [-0.3, -0.25) is 0 Å². The van der Waals surface area contributed by atoms with E-state index in [1.807, 2.05) is 25.1 Å². The summed E-state index contributed by atoms with van der Waals surface area (Å²) in [6.07, 6.45) is 0. The van der Waals surface area contributed by atoms with E-state index in [9.17, 15) is 4.79 Å². The Kier molecular flexibility index (Phi) is 3.76. The summed E-state index contributed by atoms with van der Waals surface area (Å²) in [5.74, 6) is -0.991. The summed E-state index contributed by atoms with van der Waals surface area (Å²) in [6.45, 7) is 1.99. The molecule has 2 rings (SSSR count). The van der Waals surface area contributed by atoms with Gasteiger partial charge >= 0.3 is 5.97 Å². The lowest BCUT2D eigenvalue weighted by Gasteiger charge is -2.12. The molecule has 2 aromatic carbocycles. The van der Waals surface area contributed by atoms with Crippen LogP contribution >= 0.6 is 15.9 Å². The van der Waals surface area contributed by atoms with Crippen LogP contribution in [-0.4, -0.2) is 11.1 Å². The molecule has 0 aliphatic rings. The molecular weight excluding hydrogens is 308 g/mol. The van der Waals surface area contributed by atoms with Crippen molar-refractivity contribution in [3.05, 3.63) is 52.0 Å². The van der Waals surface area contributed by atoms with Gasteiger partial charge in [0.2, 0.25) is 0 Å². The fraction of sp³-hybridized carbons (Fsp3) is 0.0714. The number of aryl methyl sites for hydroxylation is 1. The summed E-state index contributed by atoms with van der Waals surface area (Å²) in [7, 11) is 0. The van der Waals surface area contributed by atoms with Crippen molar-refractivity contribution in [2.75, 3.05) is 11.1 Å². The molecule has 19 heavy (non-hydrogen) atoms. The highest BCUT2D eigenvalue weighted by atomic mass is 79.9. The fourth-order valence-electron chi connectivity index (χ4n) is 1.69. The molecule has 0 bridgehead atoms. The Morgan fingerprint density at radius 1 is 1.21 bits per heavy atom. The zero-order valence-corrected chi connectivity index (χ0v) is 11.9. The monoisotopic (exact) mass is 320 g/mol. The normalized spacial score (nSPS) is 10.2. The molecule has 0 saturated heterocycles. The second kappa shape index (κ2) is 5.32. The number of carbonyl (C=O) groups is 1. The van der Waals surface area contributed by atoms with Crippen LogP contribution < -0.4 is 11.1 Å². The summed E-state index contributed by atoms with van der Waals surface area (Å²) in [6, 6.07) is 10.5. The molecular formula is C14H13BrN2O2. The highest BCUT2D eigenvalue weighted by molar-refractivity contribution is 9.10. The van der Waals surface area contributed by atoms with Crippen molar-refractivity contribution in [2.24, 2.45) is 0 Å². The quantitative estimate of drug-likeness (QED) is 0.752. The van der Waals surface area contributed by atoms with Crippen molar-refractivity contribution in [3.63, 3.8) is 0 Å². The SMILES string of the molecule is Cc1ccc(Br)c(Nc2ccc(C(=O)O)cc2N)c1. The third-order valence-corrected chi connectivity index (χ3v) is 3.38. The average molecular weight is 321 g/mol. The minimum atomic E-state index is -0.991. The maximum Gasteiger partial charge on any atom is 0.335 e. The van der Waals surface area contributed by atoms with Crippen LogP contribution in [0.4, 0.5) is 17.1 Å². The van der Waals surface area contributed by atoms with Crippen molar-refractivity contribution in [3.8, 4) is 0 Å². The third-order valence-electron chi connectivity index (χ3n) is 2.69. The van der Waals surface area contributed by atoms with Crippen LogP contribution in [0.3, 0.4) is 0 Å². The summed E-state index contributed by atoms with van der Waals surface area (Å²) >= 11 is 3.45. The Morgan fingerprint density at radius 2 is 1.95 bits per heavy atom. The molecule has 0 aromatic heterocycles. The number of nitrogens with one attached hydrogen (secondary N) is 1. The number of aromatic carboxylic acids is 1. The topological polar surface area (TPSA) is 75.3 Å². The van der Waals surface area contributed by atoms with Crippen LogP contribution in [0.25, 0.3) is 0 Å². The molecule has 4 nitrogen and oxygen atoms in total. The number of halogens is 1. The number of anilines is 3. The minimum absolute atomic E-state index is 0.173. The molecule has 98 valence electrons. The van der Waals surface area contributed by atoms with Crippen molar-refractivity contribution in [2.45, 2.75) is 6.92 Å². The highest BCUT2D eigenvalue weighted by Crippen LogP contribution is 2.30. The Hall–Kier alpha value is -2.01. The van der Waals surface area contributed by atoms with Crippen LogP contribution in [0.15, 0.2) is 40.9 Å². The van der Waals surface area contributed by atoms with Gasteiger partial charge in [0.05, 0.1) is 22.6 Å². The van der Waals surface area contributed by atoms with Gasteiger partial charge in [-0.1, -0.05) is 6.07 Å². The van der Waals surface area contributed by atoms with E-state index in [4.69, 9.17) is 10.8 Å². The zero-order valence-electron chi connectivity index (χ0n) is 10.3. The molecule has 0 heterocycles. The molecule has 0 aliphatic carbocycles. The molecule has 0 fully saturated rings. The Labute approximate surface area is 119 Å². The molecule has 0 radical (unpaired) electrons. The van der Waals surface area contributed by atoms with Gasteiger partial charge in [-0.05, 0) is 58.7 Å². The maximum atomic E-state index is 10.8. The lowest BCUT2D eigenvalue weighted by molar-refractivity contribution is 0.0697. The number of hydrogen-bond donors (Lipinski definition) is 3. The predicted molar refractivity (Wildman–Crippen MR) is 80.0 cm³/mol. The van der Waals surface area contributed by atoms with Gasteiger partial charge in [0.25, 0.3) is 0 Å². The first kappa shape index (κ1) is 13.4. The van der Waals surface area contributed by atoms with E-state index in [0.29, 0.717) is 11.4 Å². The molecule has 0 amide bonds. The number of rotatable bonds is 3. The van der Waals surface area contributed by atoms with Gasteiger partial charge < -0.3 is 16.2 Å². The van der Waals surface area contributed by atoms with E-state index < -0.39 is 5.97 Å². The molecule has 0 unspecified atom stereocenters. The van der Waals surface area contributed by atoms with Crippen LogP contribution in [0, 0.1) is 6.92 Å². The van der Waals surface area contributed by atoms with Crippen molar-refractivity contribution >= 4 is 39.0 Å². The molecule has 5 heteroatoms. The summed E-state index contributed by atoms with van der Waals surface area (Å²) in [5, 5.41) is 12.1. The smallest absolute Gasteiger partial charge is 0.335 e. The molecule has 4 N–H and O–H groups in total. The molecule has 2 aromatic rings. The van der Waals surface area contributed by atoms with Crippen LogP contribution in [-0.2, 0) is 0 Å². The van der Waals surface area contributed by atoms with Crippen LogP contribution in [0.1, 0.15) is 15.9 Å². The van der Waals surface area contributed by atoms with Crippen molar-refractivity contribution < 1.29 is 9.90 Å². The highest BCUT2D eigenvalue weighted by Gasteiger charge is 2.07. The van der Waals surface area contributed by atoms with Gasteiger partial charge in [0, 0.05) is 4.47 Å². The van der Waals surface area contributed by atoms with E-state index in [1.165, 1.54) is 12.1 Å². The molecule has 0 spiro atoms. The largest absolute Gasteiger partial charge is 0.478 e. The summed E-state index contributed by atoms with van der Waals surface area (Å²) < 4.78 is 0.916. The summed E-state index contributed by atoms with van der Waals surface area (Å²) in [5.41, 5.74) is 9.10. The van der Waals surface area contributed by atoms with E-state index in [1.54, 1.807) is 6.07 Å². The first-order chi connectivity index (χ1) is 8.97. The van der Waals surface area contributed by atoms with Gasteiger partial charge in [0.1, 0.15) is 0 Å². The van der Waals surface area contributed by atoms with Crippen LogP contribution in [0.5, 0.6) is 0 Å². The summed E-state index contributed by atoms with van der Waals surface area (Å²) in [4.78, 5) is 10.8. The van der Waals surface area contributed by atoms with E-state index in [-0.39, 0.29) is 5.56 Å². The Bertz CT molecular complexity index is 641. The third kappa shape index (κ3) is 3.06. The lowest BCUT2D eigenvalue weighted by Crippen LogP contribution is -2.01. The van der Waals surface area contributed by atoms with Gasteiger partial charge in [-0.2, -0.15) is 0 Å². The number of nitrogen functional groups attached to an aromatic ring is 1. The Balaban J connectivity index is 2.33. The standard InChI is InChI=1S/C14H13BrN2O2/c1-8-2-4-10(15)13(6-8)17-12-5-3-9(14(18)19)7-11(12)16/h2-7,17H,16H2,1H3,(H,18,19). The van der Waals surface area contributed by atoms with E-state index in [0.717, 1.165) is 15.7 Å². The number of carboxylic acid groups (broad SMARTS) is 1. The second-order valence-corrected chi connectivity index (χ2v) is 5.07. The average Bonchev–Trinajstić information content (AvgIpc) is 2.36. The van der Waals surface area contributed by atoms with Crippen molar-refractivity contribution in [1.82, 2.24) is 0 Å². The molecule has 0 saturated carbocycles. The van der Waals surface area contributed by atoms with Gasteiger partial charge in [-0.15, -0.1) is 0 Å². The zero-order chi connectivity index (χ0) is 14.0. The maximum absolute atomic E-state index is 10.8. The predicted octanol–water partition coefficient (Wildman–Crippen LogP) is 3.78. The first-order valence-electron chi connectivity index (χ1n) is 5.63. The fourth-order valence-corrected chi connectivity index (χ4v) is 2.04.